The van der Waals surface area contributed by atoms with Crippen molar-refractivity contribution in [2.45, 2.75) is 51.9 Å². The van der Waals surface area contributed by atoms with Gasteiger partial charge in [0.2, 0.25) is 0 Å². The van der Waals surface area contributed by atoms with Gasteiger partial charge in [-0.05, 0) is 22.7 Å². The summed E-state index contributed by atoms with van der Waals surface area (Å²) in [5, 5.41) is 9.99. The molecular weight excluding hydrogens is 462 g/mol. The van der Waals surface area contributed by atoms with E-state index in [1.165, 1.54) is 6.08 Å². The smallest absolute Gasteiger partial charge is 0.458 e. The Hall–Kier alpha value is -0.430. The molecule has 0 aromatic rings. The normalized spacial score (nSPS) is 25.3. The van der Waals surface area contributed by atoms with E-state index in [0.29, 0.717) is 6.42 Å². The van der Waals surface area contributed by atoms with Crippen molar-refractivity contribution < 1.29 is 33.5 Å². The van der Waals surface area contributed by atoms with E-state index in [1.807, 2.05) is 13.8 Å². The molecule has 0 fully saturated rings. The minimum atomic E-state index is -4.71. The molecule has 0 aromatic carbocycles. The van der Waals surface area contributed by atoms with Crippen molar-refractivity contribution in [3.05, 3.63) is 12.2 Å². The summed E-state index contributed by atoms with van der Waals surface area (Å²) in [6.07, 6.45) is 1.75. The quantitative estimate of drug-likeness (QED) is 0.209. The van der Waals surface area contributed by atoms with Crippen molar-refractivity contribution in [3.8, 4) is 9.85 Å². The lowest BCUT2D eigenvalue weighted by Crippen LogP contribution is -2.35. The molecule has 25 heavy (non-hydrogen) atoms. The Kier molecular flexibility index (Phi) is 9.09. The molecule has 6 atom stereocenters. The second-order valence-corrected chi connectivity index (χ2v) is 8.08. The van der Waals surface area contributed by atoms with Crippen molar-refractivity contribution in [1.82, 2.24) is 0 Å². The topological polar surface area (TPSA) is 113 Å². The van der Waals surface area contributed by atoms with Crippen LogP contribution in [0.1, 0.15) is 33.6 Å². The third kappa shape index (κ3) is 7.77. The number of phosphoric acid groups is 1. The van der Waals surface area contributed by atoms with Crippen molar-refractivity contribution in [2.75, 3.05) is 0 Å². The van der Waals surface area contributed by atoms with Crippen LogP contribution < -0.4 is 0 Å². The van der Waals surface area contributed by atoms with Gasteiger partial charge in [0, 0.05) is 40.5 Å². The zero-order valence-corrected chi connectivity index (χ0v) is 17.4. The number of hydrogen-bond acceptors (Lipinski definition) is 5. The molecule has 7 nitrogen and oxygen atoms in total. The minimum absolute atomic E-state index is 0.0354. The molecule has 0 aromatic heterocycles. The summed E-state index contributed by atoms with van der Waals surface area (Å²) in [6.45, 7) is 5.48. The van der Waals surface area contributed by atoms with Gasteiger partial charge in [0.25, 0.3) is 0 Å². The minimum Gasteiger partial charge on any atom is -0.458 e. The molecule has 0 saturated carbocycles. The maximum absolute atomic E-state index is 11.4. The molecule has 1 rings (SSSR count). The maximum Gasteiger partial charge on any atom is 0.469 e. The Morgan fingerprint density at radius 2 is 2.04 bits per heavy atom. The number of aliphatic hydroxyl groups excluding tert-OH is 1. The van der Waals surface area contributed by atoms with Gasteiger partial charge in [0.05, 0.1) is 6.10 Å². The first kappa shape index (κ1) is 22.6. The second-order valence-electron chi connectivity index (χ2n) is 6.35. The number of cyclic esters (lactones) is 1. The van der Waals surface area contributed by atoms with Crippen LogP contribution in [0, 0.1) is 27.6 Å². The molecule has 0 bridgehead atoms. The van der Waals surface area contributed by atoms with E-state index in [-0.39, 0.29) is 30.3 Å². The van der Waals surface area contributed by atoms with Crippen LogP contribution in [0.5, 0.6) is 0 Å². The van der Waals surface area contributed by atoms with Gasteiger partial charge < -0.3 is 19.6 Å². The second kappa shape index (κ2) is 10.0. The highest BCUT2D eigenvalue weighted by Crippen LogP contribution is 2.41. The lowest BCUT2D eigenvalue weighted by Gasteiger charge is -2.32. The van der Waals surface area contributed by atoms with Crippen LogP contribution in [0.4, 0.5) is 0 Å². The van der Waals surface area contributed by atoms with Crippen LogP contribution in [0.25, 0.3) is 0 Å². The Labute approximate surface area is 161 Å². The molecule has 1 aliphatic heterocycles. The highest BCUT2D eigenvalue weighted by Gasteiger charge is 2.33. The van der Waals surface area contributed by atoms with E-state index < -0.39 is 25.9 Å². The van der Waals surface area contributed by atoms with E-state index in [9.17, 15) is 14.5 Å². The van der Waals surface area contributed by atoms with Gasteiger partial charge in [-0.2, -0.15) is 0 Å². The lowest BCUT2D eigenvalue weighted by molar-refractivity contribution is -0.149. The zero-order chi connectivity index (χ0) is 19.2. The molecule has 0 unspecified atom stereocenters. The fourth-order valence-electron chi connectivity index (χ4n) is 2.83. The van der Waals surface area contributed by atoms with Gasteiger partial charge in [-0.25, -0.2) is 9.36 Å². The van der Waals surface area contributed by atoms with Crippen molar-refractivity contribution in [2.24, 2.45) is 17.8 Å². The van der Waals surface area contributed by atoms with Crippen molar-refractivity contribution in [3.63, 3.8) is 0 Å². The summed E-state index contributed by atoms with van der Waals surface area (Å²) >= 11 is 1.78. The number of halogens is 1. The van der Waals surface area contributed by atoms with Crippen LogP contribution in [-0.2, 0) is 18.6 Å². The molecule has 1 aliphatic rings. The fraction of sp³-hybridized carbons (Fsp3) is 0.688. The highest BCUT2D eigenvalue weighted by atomic mass is 127. The predicted octanol–water partition coefficient (Wildman–Crippen LogP) is 2.39. The summed E-state index contributed by atoms with van der Waals surface area (Å²) in [6, 6.07) is 0. The van der Waals surface area contributed by atoms with Crippen LogP contribution in [0.15, 0.2) is 12.2 Å². The van der Waals surface area contributed by atoms with Crippen LogP contribution >= 0.6 is 30.4 Å². The Morgan fingerprint density at radius 3 is 2.60 bits per heavy atom. The SMILES string of the molecule is C[C@@H]([C@H](CC[C@H](C)[C@@H]1OC(=O)C=C[C@@H]1C)OP(=O)(O)O)[C@@H](O)C#CI. The molecule has 0 aliphatic carbocycles. The Morgan fingerprint density at radius 1 is 1.40 bits per heavy atom. The van der Waals surface area contributed by atoms with Gasteiger partial charge in [-0.3, -0.25) is 4.52 Å². The number of esters is 1. The third-order valence-electron chi connectivity index (χ3n) is 4.33. The van der Waals surface area contributed by atoms with Crippen LogP contribution in [0.3, 0.4) is 0 Å². The molecule has 0 spiro atoms. The number of rotatable bonds is 8. The monoisotopic (exact) mass is 486 g/mol. The van der Waals surface area contributed by atoms with Gasteiger partial charge in [0.15, 0.2) is 0 Å². The summed E-state index contributed by atoms with van der Waals surface area (Å²) in [5.41, 5.74) is 0. The molecule has 3 N–H and O–H groups in total. The van der Waals surface area contributed by atoms with Crippen molar-refractivity contribution >= 4 is 36.4 Å². The van der Waals surface area contributed by atoms with Crippen LogP contribution in [0.2, 0.25) is 0 Å². The first-order chi connectivity index (χ1) is 11.5. The number of carbonyl (C=O) groups excluding carboxylic acids is 1. The average Bonchev–Trinajstić information content (AvgIpc) is 2.51. The summed E-state index contributed by atoms with van der Waals surface area (Å²) < 4.78 is 24.0. The molecule has 0 saturated heterocycles. The number of phosphoric ester groups is 1. The molecule has 142 valence electrons. The largest absolute Gasteiger partial charge is 0.469 e. The van der Waals surface area contributed by atoms with Crippen molar-refractivity contribution in [1.29, 1.82) is 0 Å². The van der Waals surface area contributed by atoms with E-state index in [1.54, 1.807) is 35.6 Å². The van der Waals surface area contributed by atoms with E-state index in [2.05, 4.69) is 9.85 Å². The number of carbonyl (C=O) groups is 1. The molecule has 0 radical (unpaired) electrons. The maximum atomic E-state index is 11.4. The number of aliphatic hydroxyl groups is 1. The van der Waals surface area contributed by atoms with Gasteiger partial charge in [-0.15, -0.1) is 0 Å². The van der Waals surface area contributed by atoms with Gasteiger partial charge in [0.1, 0.15) is 12.2 Å². The fourth-order valence-corrected chi connectivity index (χ4v) is 3.79. The van der Waals surface area contributed by atoms with Gasteiger partial charge >= 0.3 is 13.8 Å². The van der Waals surface area contributed by atoms with Crippen LogP contribution in [-0.4, -0.2) is 39.2 Å². The zero-order valence-electron chi connectivity index (χ0n) is 14.3. The van der Waals surface area contributed by atoms with Gasteiger partial charge in [-0.1, -0.05) is 32.8 Å². The molecule has 1 heterocycles. The molecule has 9 heteroatoms. The Bertz CT molecular complexity index is 591. The first-order valence-electron chi connectivity index (χ1n) is 7.97. The summed E-state index contributed by atoms with van der Waals surface area (Å²) in [5.74, 6) is 1.60. The first-order valence-corrected chi connectivity index (χ1v) is 10.6. The average molecular weight is 486 g/mol. The summed E-state index contributed by atoms with van der Waals surface area (Å²) in [4.78, 5) is 29.7. The summed E-state index contributed by atoms with van der Waals surface area (Å²) in [7, 11) is -4.71. The van der Waals surface area contributed by atoms with E-state index >= 15 is 0 Å². The molecular formula is C16H24IO7P. The third-order valence-corrected chi connectivity index (χ3v) is 5.19. The van der Waals surface area contributed by atoms with E-state index in [4.69, 9.17) is 19.0 Å². The lowest BCUT2D eigenvalue weighted by atomic mass is 9.85. The number of hydrogen-bond donors (Lipinski definition) is 3. The highest BCUT2D eigenvalue weighted by molar-refractivity contribution is 14.1. The Balaban J connectivity index is 2.76. The number of ether oxygens (including phenoxy) is 1. The standard InChI is InChI=1S/C16H24IO7P/c1-10(16-11(2)5-7-15(19)23-16)4-6-14(24-25(20,21)22)12(3)13(18)8-9-17/h5,7,10-14,16,18H,4,6H2,1-3H3,(H2,20,21,22)/t10-,11-,12+,13-,14-,16-/m0/s1. The molecule has 0 amide bonds. The predicted molar refractivity (Wildman–Crippen MR) is 100 cm³/mol. The van der Waals surface area contributed by atoms with E-state index in [0.717, 1.165) is 0 Å².